The Morgan fingerprint density at radius 1 is 1.12 bits per heavy atom. The molecule has 1 N–H and O–H groups in total. The highest BCUT2D eigenvalue weighted by Crippen LogP contribution is 2.34. The number of hydrogen-bond donors (Lipinski definition) is 1. The van der Waals surface area contributed by atoms with Gasteiger partial charge >= 0.3 is 0 Å². The highest BCUT2D eigenvalue weighted by Gasteiger charge is 2.08. The molecule has 16 heavy (non-hydrogen) atoms. The summed E-state index contributed by atoms with van der Waals surface area (Å²) >= 11 is 6.97. The van der Waals surface area contributed by atoms with Crippen molar-refractivity contribution in [2.75, 3.05) is 13.2 Å². The monoisotopic (exact) mass is 351 g/mol. The number of halogens is 2. The van der Waals surface area contributed by atoms with Gasteiger partial charge in [0.2, 0.25) is 0 Å². The Balaban J connectivity index is 2.75. The fourth-order valence-electron chi connectivity index (χ4n) is 1.23. The minimum absolute atomic E-state index is 0.647. The van der Waals surface area contributed by atoms with Crippen LogP contribution < -0.4 is 10.2 Å². The highest BCUT2D eigenvalue weighted by atomic mass is 79.9. The van der Waals surface area contributed by atoms with Crippen molar-refractivity contribution >= 4 is 31.9 Å². The van der Waals surface area contributed by atoms with Crippen molar-refractivity contribution < 1.29 is 9.57 Å². The van der Waals surface area contributed by atoms with Crippen LogP contribution in [0, 0.1) is 0 Å². The summed E-state index contributed by atoms with van der Waals surface area (Å²) in [7, 11) is 0. The second-order valence-corrected chi connectivity index (χ2v) is 4.78. The second-order valence-electron chi connectivity index (χ2n) is 3.08. The van der Waals surface area contributed by atoms with Crippen LogP contribution in [-0.4, -0.2) is 13.2 Å². The zero-order valence-corrected chi connectivity index (χ0v) is 12.5. The van der Waals surface area contributed by atoms with Gasteiger partial charge in [0, 0.05) is 6.54 Å². The number of hydrogen-bond acceptors (Lipinski definition) is 3. The van der Waals surface area contributed by atoms with E-state index in [2.05, 4.69) is 37.3 Å². The van der Waals surface area contributed by atoms with Gasteiger partial charge in [-0.05, 0) is 63.4 Å². The van der Waals surface area contributed by atoms with E-state index in [-0.39, 0.29) is 0 Å². The fourth-order valence-corrected chi connectivity index (χ4v) is 2.74. The molecule has 0 heterocycles. The molecule has 0 spiro atoms. The number of rotatable bonds is 6. The smallest absolute Gasteiger partial charge is 0.147 e. The number of benzene rings is 1. The molecule has 0 amide bonds. The summed E-state index contributed by atoms with van der Waals surface area (Å²) in [5, 5.41) is 0. The first-order chi connectivity index (χ1) is 7.69. The molecule has 0 aliphatic rings. The van der Waals surface area contributed by atoms with Gasteiger partial charge in [-0.25, -0.2) is 0 Å². The number of nitrogens with one attached hydrogen (secondary N) is 1. The van der Waals surface area contributed by atoms with Gasteiger partial charge in [-0.15, -0.1) is 0 Å². The molecule has 90 valence electrons. The lowest BCUT2D eigenvalue weighted by Crippen LogP contribution is -2.13. The molecule has 0 saturated heterocycles. The first kappa shape index (κ1) is 14.0. The van der Waals surface area contributed by atoms with Crippen molar-refractivity contribution in [3.05, 3.63) is 26.6 Å². The summed E-state index contributed by atoms with van der Waals surface area (Å²) in [5.74, 6) is 0.836. The van der Waals surface area contributed by atoms with Crippen LogP contribution in [0.4, 0.5) is 0 Å². The van der Waals surface area contributed by atoms with Crippen molar-refractivity contribution in [1.82, 2.24) is 5.48 Å². The molecule has 0 radical (unpaired) electrons. The lowest BCUT2D eigenvalue weighted by molar-refractivity contribution is 0.0463. The van der Waals surface area contributed by atoms with E-state index in [9.17, 15) is 0 Å². The maximum absolute atomic E-state index is 5.50. The van der Waals surface area contributed by atoms with Crippen LogP contribution in [-0.2, 0) is 11.4 Å². The molecule has 0 aliphatic heterocycles. The minimum atomic E-state index is 0.647. The summed E-state index contributed by atoms with van der Waals surface area (Å²) < 4.78 is 7.39. The maximum Gasteiger partial charge on any atom is 0.147 e. The van der Waals surface area contributed by atoms with Gasteiger partial charge in [-0.1, -0.05) is 0 Å². The Bertz CT molecular complexity index is 322. The lowest BCUT2D eigenvalue weighted by Gasteiger charge is -2.11. The predicted octanol–water partition coefficient (Wildman–Crippen LogP) is 3.65. The van der Waals surface area contributed by atoms with Crippen LogP contribution >= 0.6 is 31.9 Å². The molecule has 0 atom stereocenters. The summed E-state index contributed by atoms with van der Waals surface area (Å²) in [6, 6.07) is 4.03. The van der Waals surface area contributed by atoms with Gasteiger partial charge in [0.1, 0.15) is 5.75 Å². The lowest BCUT2D eigenvalue weighted by atomic mass is 10.2. The van der Waals surface area contributed by atoms with E-state index in [1.54, 1.807) is 0 Å². The third-order valence-electron chi connectivity index (χ3n) is 1.87. The average molecular weight is 353 g/mol. The van der Waals surface area contributed by atoms with Crippen LogP contribution in [0.25, 0.3) is 0 Å². The summed E-state index contributed by atoms with van der Waals surface area (Å²) in [6.07, 6.45) is 0. The average Bonchev–Trinajstić information content (AvgIpc) is 2.24. The van der Waals surface area contributed by atoms with Gasteiger partial charge in [0.15, 0.2) is 0 Å². The SMILES string of the molecule is CCONCc1cc(Br)c(OCC)c(Br)c1. The summed E-state index contributed by atoms with van der Waals surface area (Å²) in [6.45, 7) is 5.87. The maximum atomic E-state index is 5.50. The first-order valence-corrected chi connectivity index (χ1v) is 6.73. The summed E-state index contributed by atoms with van der Waals surface area (Å²) in [5.41, 5.74) is 4.00. The Morgan fingerprint density at radius 3 is 2.25 bits per heavy atom. The minimum Gasteiger partial charge on any atom is -0.492 e. The van der Waals surface area contributed by atoms with Crippen LogP contribution in [0.2, 0.25) is 0 Å². The van der Waals surface area contributed by atoms with E-state index < -0.39 is 0 Å². The molecule has 3 nitrogen and oxygen atoms in total. The Morgan fingerprint density at radius 2 is 1.75 bits per heavy atom. The van der Waals surface area contributed by atoms with Crippen LogP contribution in [0.5, 0.6) is 5.75 Å². The normalized spacial score (nSPS) is 10.5. The third-order valence-corrected chi connectivity index (χ3v) is 3.05. The Kier molecular flexibility index (Phi) is 6.34. The van der Waals surface area contributed by atoms with Gasteiger partial charge in [-0.3, -0.25) is 0 Å². The molecule has 0 bridgehead atoms. The zero-order chi connectivity index (χ0) is 12.0. The largest absolute Gasteiger partial charge is 0.492 e. The van der Waals surface area contributed by atoms with Gasteiger partial charge < -0.3 is 9.57 Å². The molecule has 1 aromatic carbocycles. The molecule has 5 heteroatoms. The quantitative estimate of drug-likeness (QED) is 0.626. The molecule has 0 aliphatic carbocycles. The first-order valence-electron chi connectivity index (χ1n) is 5.14. The molecule has 1 aromatic rings. The van der Waals surface area contributed by atoms with E-state index in [1.165, 1.54) is 0 Å². The molecule has 0 unspecified atom stereocenters. The molecular formula is C11H15Br2NO2. The van der Waals surface area contributed by atoms with Gasteiger partial charge in [0.25, 0.3) is 0 Å². The van der Waals surface area contributed by atoms with Crippen LogP contribution in [0.15, 0.2) is 21.1 Å². The van der Waals surface area contributed by atoms with Crippen LogP contribution in [0.1, 0.15) is 19.4 Å². The van der Waals surface area contributed by atoms with Crippen molar-refractivity contribution in [3.63, 3.8) is 0 Å². The van der Waals surface area contributed by atoms with Crippen molar-refractivity contribution in [2.45, 2.75) is 20.4 Å². The third kappa shape index (κ3) is 4.05. The topological polar surface area (TPSA) is 30.5 Å². The van der Waals surface area contributed by atoms with E-state index in [1.807, 2.05) is 26.0 Å². The highest BCUT2D eigenvalue weighted by molar-refractivity contribution is 9.11. The van der Waals surface area contributed by atoms with E-state index in [0.717, 1.165) is 20.3 Å². The van der Waals surface area contributed by atoms with Crippen molar-refractivity contribution in [1.29, 1.82) is 0 Å². The van der Waals surface area contributed by atoms with E-state index in [4.69, 9.17) is 9.57 Å². The molecule has 0 saturated carbocycles. The van der Waals surface area contributed by atoms with E-state index in [0.29, 0.717) is 19.8 Å². The zero-order valence-electron chi connectivity index (χ0n) is 9.35. The number of ether oxygens (including phenoxy) is 1. The molecule has 0 fully saturated rings. The van der Waals surface area contributed by atoms with Crippen molar-refractivity contribution in [2.24, 2.45) is 0 Å². The Hall–Kier alpha value is -0.100. The van der Waals surface area contributed by atoms with Gasteiger partial charge in [0.05, 0.1) is 22.2 Å². The standard InChI is InChI=1S/C11H15Br2NO2/c1-3-15-11-9(12)5-8(6-10(11)13)7-14-16-4-2/h5-6,14H,3-4,7H2,1-2H3. The van der Waals surface area contributed by atoms with E-state index >= 15 is 0 Å². The molecular weight excluding hydrogens is 338 g/mol. The van der Waals surface area contributed by atoms with Crippen LogP contribution in [0.3, 0.4) is 0 Å². The predicted molar refractivity (Wildman–Crippen MR) is 71.5 cm³/mol. The fraction of sp³-hybridized carbons (Fsp3) is 0.455. The van der Waals surface area contributed by atoms with Gasteiger partial charge in [-0.2, -0.15) is 5.48 Å². The molecule has 1 rings (SSSR count). The summed E-state index contributed by atoms with van der Waals surface area (Å²) in [4.78, 5) is 5.08. The molecule has 0 aromatic heterocycles. The second kappa shape index (κ2) is 7.27. The van der Waals surface area contributed by atoms with Crippen molar-refractivity contribution in [3.8, 4) is 5.75 Å². The Labute approximate surface area is 113 Å². The number of hydroxylamine groups is 1.